The summed E-state index contributed by atoms with van der Waals surface area (Å²) in [5.41, 5.74) is 0. The maximum absolute atomic E-state index is 10.7. The van der Waals surface area contributed by atoms with Crippen LogP contribution in [0.25, 0.3) is 0 Å². The molecule has 0 aromatic carbocycles. The number of carbonyl (C=O) groups excluding carboxylic acids is 2. The van der Waals surface area contributed by atoms with Gasteiger partial charge in [-0.3, -0.25) is 9.59 Å². The van der Waals surface area contributed by atoms with Crippen LogP contribution in [0.4, 0.5) is 0 Å². The molecular weight excluding hydrogens is 152 g/mol. The fourth-order valence-electron chi connectivity index (χ4n) is 0.387. The van der Waals surface area contributed by atoms with E-state index in [1.165, 1.54) is 6.92 Å². The summed E-state index contributed by atoms with van der Waals surface area (Å²) < 4.78 is 4.53. The zero-order valence-electron chi connectivity index (χ0n) is 5.96. The lowest BCUT2D eigenvalue weighted by Gasteiger charge is -2.04. The Bertz CT molecular complexity index is 144. The summed E-state index contributed by atoms with van der Waals surface area (Å²) in [5.74, 6) is -0.861. The lowest BCUT2D eigenvalue weighted by atomic mass is 10.3. The first-order chi connectivity index (χ1) is 4.59. The predicted octanol–water partition coefficient (Wildman–Crippen LogP) is 0.437. The molecule has 0 aliphatic carbocycles. The first-order valence-corrected chi connectivity index (χ1v) is 3.46. The third kappa shape index (κ3) is 2.87. The van der Waals surface area contributed by atoms with Gasteiger partial charge in [0.2, 0.25) is 0 Å². The molecule has 0 aliphatic rings. The molecule has 0 aromatic heterocycles. The summed E-state index contributed by atoms with van der Waals surface area (Å²) in [7, 11) is 0. The van der Waals surface area contributed by atoms with E-state index >= 15 is 0 Å². The lowest BCUT2D eigenvalue weighted by molar-refractivity contribution is -0.144. The second-order valence-corrected chi connectivity index (χ2v) is 2.28. The van der Waals surface area contributed by atoms with Crippen LogP contribution in [0.3, 0.4) is 0 Å². The molecule has 0 spiro atoms. The number of ketones is 1. The summed E-state index contributed by atoms with van der Waals surface area (Å²) in [5, 5.41) is -0.917. The van der Waals surface area contributed by atoms with Crippen molar-refractivity contribution in [3.8, 4) is 0 Å². The Labute approximate surface area is 65.2 Å². The SMILES string of the molecule is CCOC(=O)C(S)C(C)=O. The molecule has 0 aromatic rings. The second kappa shape index (κ2) is 4.33. The fourth-order valence-corrected chi connectivity index (χ4v) is 0.462. The monoisotopic (exact) mass is 162 g/mol. The second-order valence-electron chi connectivity index (χ2n) is 1.77. The Morgan fingerprint density at radius 2 is 2.10 bits per heavy atom. The minimum atomic E-state index is -0.917. The number of hydrogen-bond donors (Lipinski definition) is 1. The number of rotatable bonds is 3. The molecule has 3 nitrogen and oxygen atoms in total. The summed E-state index contributed by atoms with van der Waals surface area (Å²) in [6.07, 6.45) is 0. The largest absolute Gasteiger partial charge is 0.465 e. The third-order valence-electron chi connectivity index (χ3n) is 0.895. The van der Waals surface area contributed by atoms with Crippen LogP contribution in [0.1, 0.15) is 13.8 Å². The van der Waals surface area contributed by atoms with Gasteiger partial charge in [-0.05, 0) is 13.8 Å². The summed E-state index contributed by atoms with van der Waals surface area (Å²) in [4.78, 5) is 21.1. The van der Waals surface area contributed by atoms with Crippen LogP contribution in [-0.2, 0) is 14.3 Å². The Morgan fingerprint density at radius 3 is 2.40 bits per heavy atom. The zero-order chi connectivity index (χ0) is 8.15. The Hall–Kier alpha value is -0.510. The Kier molecular flexibility index (Phi) is 4.11. The molecule has 0 rings (SSSR count). The highest BCUT2D eigenvalue weighted by Gasteiger charge is 2.18. The van der Waals surface area contributed by atoms with Crippen LogP contribution in [0.2, 0.25) is 0 Å². The molecular formula is C6H10O3S. The smallest absolute Gasteiger partial charge is 0.326 e. The molecule has 4 heteroatoms. The van der Waals surface area contributed by atoms with Gasteiger partial charge in [0.25, 0.3) is 0 Å². The van der Waals surface area contributed by atoms with Crippen molar-refractivity contribution in [3.05, 3.63) is 0 Å². The Morgan fingerprint density at radius 1 is 1.60 bits per heavy atom. The van der Waals surface area contributed by atoms with Crippen molar-refractivity contribution in [2.24, 2.45) is 0 Å². The number of carbonyl (C=O) groups is 2. The van der Waals surface area contributed by atoms with E-state index in [0.29, 0.717) is 0 Å². The van der Waals surface area contributed by atoms with Gasteiger partial charge in [-0.15, -0.1) is 0 Å². The number of Topliss-reactive ketones (excluding diaryl/α,β-unsaturated/α-hetero) is 1. The minimum absolute atomic E-state index is 0.281. The van der Waals surface area contributed by atoms with Gasteiger partial charge in [0.1, 0.15) is 0 Å². The van der Waals surface area contributed by atoms with Crippen molar-refractivity contribution in [1.29, 1.82) is 0 Å². The zero-order valence-corrected chi connectivity index (χ0v) is 6.85. The molecule has 0 heterocycles. The van der Waals surface area contributed by atoms with Crippen molar-refractivity contribution in [1.82, 2.24) is 0 Å². The van der Waals surface area contributed by atoms with Crippen LogP contribution in [0.5, 0.6) is 0 Å². The number of esters is 1. The average Bonchev–Trinajstić information content (AvgIpc) is 1.87. The summed E-state index contributed by atoms with van der Waals surface area (Å²) in [6, 6.07) is 0. The quantitative estimate of drug-likeness (QED) is 0.372. The highest BCUT2D eigenvalue weighted by molar-refractivity contribution is 7.82. The lowest BCUT2D eigenvalue weighted by Crippen LogP contribution is -2.24. The summed E-state index contributed by atoms with van der Waals surface area (Å²) in [6.45, 7) is 3.26. The Balaban J connectivity index is 3.82. The van der Waals surface area contributed by atoms with Crippen LogP contribution in [-0.4, -0.2) is 23.6 Å². The molecule has 0 saturated heterocycles. The van der Waals surface area contributed by atoms with Crippen molar-refractivity contribution in [2.75, 3.05) is 6.61 Å². The van der Waals surface area contributed by atoms with E-state index < -0.39 is 11.2 Å². The molecule has 58 valence electrons. The van der Waals surface area contributed by atoms with E-state index in [-0.39, 0.29) is 12.4 Å². The van der Waals surface area contributed by atoms with Crippen LogP contribution in [0, 0.1) is 0 Å². The van der Waals surface area contributed by atoms with Crippen LogP contribution < -0.4 is 0 Å². The van der Waals surface area contributed by atoms with Gasteiger partial charge in [0, 0.05) is 0 Å². The predicted molar refractivity (Wildman–Crippen MR) is 40.1 cm³/mol. The molecule has 0 saturated carbocycles. The first kappa shape index (κ1) is 9.49. The maximum atomic E-state index is 10.7. The standard InChI is InChI=1S/C6H10O3S/c1-3-9-6(8)5(10)4(2)7/h5,10H,3H2,1-2H3. The van der Waals surface area contributed by atoms with Crippen LogP contribution in [0.15, 0.2) is 0 Å². The van der Waals surface area contributed by atoms with Crippen LogP contribution >= 0.6 is 12.6 Å². The highest BCUT2D eigenvalue weighted by Crippen LogP contribution is 1.98. The number of ether oxygens (including phenoxy) is 1. The van der Waals surface area contributed by atoms with E-state index in [1.54, 1.807) is 6.92 Å². The normalized spacial score (nSPS) is 12.3. The molecule has 10 heavy (non-hydrogen) atoms. The van der Waals surface area contributed by atoms with Gasteiger partial charge >= 0.3 is 5.97 Å². The minimum Gasteiger partial charge on any atom is -0.465 e. The topological polar surface area (TPSA) is 43.4 Å². The third-order valence-corrected chi connectivity index (χ3v) is 1.47. The molecule has 0 bridgehead atoms. The van der Waals surface area contributed by atoms with Gasteiger partial charge in [-0.1, -0.05) is 0 Å². The molecule has 1 atom stereocenters. The van der Waals surface area contributed by atoms with E-state index in [0.717, 1.165) is 0 Å². The van der Waals surface area contributed by atoms with Crippen molar-refractivity contribution in [2.45, 2.75) is 19.1 Å². The van der Waals surface area contributed by atoms with Gasteiger partial charge in [-0.2, -0.15) is 12.6 Å². The number of thiol groups is 1. The van der Waals surface area contributed by atoms with Gasteiger partial charge in [0.15, 0.2) is 11.0 Å². The highest BCUT2D eigenvalue weighted by atomic mass is 32.1. The molecule has 1 unspecified atom stereocenters. The van der Waals surface area contributed by atoms with Crippen molar-refractivity contribution >= 4 is 24.4 Å². The van der Waals surface area contributed by atoms with Gasteiger partial charge in [0.05, 0.1) is 6.61 Å². The first-order valence-electron chi connectivity index (χ1n) is 2.94. The van der Waals surface area contributed by atoms with Crippen molar-refractivity contribution < 1.29 is 14.3 Å². The molecule has 0 radical (unpaired) electrons. The average molecular weight is 162 g/mol. The fraction of sp³-hybridized carbons (Fsp3) is 0.667. The van der Waals surface area contributed by atoms with E-state index in [4.69, 9.17) is 0 Å². The molecule has 0 amide bonds. The molecule has 0 fully saturated rings. The maximum Gasteiger partial charge on any atom is 0.326 e. The number of hydrogen-bond acceptors (Lipinski definition) is 4. The van der Waals surface area contributed by atoms with E-state index in [2.05, 4.69) is 17.4 Å². The van der Waals surface area contributed by atoms with E-state index in [1.807, 2.05) is 0 Å². The summed E-state index contributed by atoms with van der Waals surface area (Å²) >= 11 is 3.73. The van der Waals surface area contributed by atoms with Crippen molar-refractivity contribution in [3.63, 3.8) is 0 Å². The van der Waals surface area contributed by atoms with Gasteiger partial charge in [-0.25, -0.2) is 0 Å². The molecule has 0 N–H and O–H groups in total. The van der Waals surface area contributed by atoms with Gasteiger partial charge < -0.3 is 4.74 Å². The molecule has 0 aliphatic heterocycles. The van der Waals surface area contributed by atoms with E-state index in [9.17, 15) is 9.59 Å².